The number of aromatic nitrogens is 3. The van der Waals surface area contributed by atoms with Gasteiger partial charge in [0.25, 0.3) is 5.91 Å². The monoisotopic (exact) mass is 549 g/mol. The maximum absolute atomic E-state index is 13.6. The number of benzene rings is 2. The van der Waals surface area contributed by atoms with Gasteiger partial charge in [0.05, 0.1) is 30.3 Å². The van der Waals surface area contributed by atoms with E-state index < -0.39 is 15.9 Å². The number of ether oxygens (including phenoxy) is 2. The van der Waals surface area contributed by atoms with Crippen LogP contribution in [0.2, 0.25) is 0 Å². The van der Waals surface area contributed by atoms with Gasteiger partial charge in [-0.2, -0.15) is 4.98 Å². The summed E-state index contributed by atoms with van der Waals surface area (Å²) >= 11 is 0. The Labute approximate surface area is 227 Å². The van der Waals surface area contributed by atoms with Crippen LogP contribution in [0, 0.1) is 0 Å². The number of carbonyl (C=O) groups is 1. The number of para-hydroxylation sites is 1. The third-order valence-electron chi connectivity index (χ3n) is 6.00. The molecule has 2 N–H and O–H groups in total. The zero-order chi connectivity index (χ0) is 28.5. The summed E-state index contributed by atoms with van der Waals surface area (Å²) in [6.45, 7) is 9.66. The lowest BCUT2D eigenvalue weighted by Crippen LogP contribution is -2.19. The summed E-state index contributed by atoms with van der Waals surface area (Å²) in [5.41, 5.74) is 2.09. The average Bonchev–Trinajstić information content (AvgIpc) is 3.20. The van der Waals surface area contributed by atoms with E-state index in [4.69, 9.17) is 9.47 Å². The molecule has 0 aliphatic rings. The molecule has 204 valence electrons. The maximum Gasteiger partial charge on any atom is 0.272 e. The molecule has 0 saturated carbocycles. The second-order valence-corrected chi connectivity index (χ2v) is 11.8. The van der Waals surface area contributed by atoms with Crippen LogP contribution >= 0.6 is 0 Å². The van der Waals surface area contributed by atoms with Crippen molar-refractivity contribution in [2.45, 2.75) is 26.2 Å². The molecule has 0 bridgehead atoms. The number of sulfonamides is 1. The van der Waals surface area contributed by atoms with E-state index in [-0.39, 0.29) is 16.9 Å². The Balaban J connectivity index is 1.75. The molecule has 0 aliphatic heterocycles. The van der Waals surface area contributed by atoms with Crippen LogP contribution in [0.25, 0.3) is 17.0 Å². The number of nitrogens with zero attached hydrogens (tertiary/aromatic N) is 3. The van der Waals surface area contributed by atoms with Crippen molar-refractivity contribution in [2.24, 2.45) is 7.05 Å². The molecule has 0 saturated heterocycles. The summed E-state index contributed by atoms with van der Waals surface area (Å²) in [7, 11) is -0.424. The highest BCUT2D eigenvalue weighted by atomic mass is 32.2. The number of amides is 1. The second-order valence-electron chi connectivity index (χ2n) is 10.0. The Bertz CT molecular complexity index is 1690. The standard InChI is InChI=1S/C28H31N5O5S/c1-8-23-29-13-12-24(31-23)38-22-11-9-10-17-14-21(33(5)25(17)22)27(34)30-19-15-18(28(2,3)4)16-20(26(19)37-6)32-39(7,35)36/h8-16,32H,1H2,2-7H3,(H,30,34). The van der Waals surface area contributed by atoms with Crippen LogP contribution in [0.3, 0.4) is 0 Å². The quantitative estimate of drug-likeness (QED) is 0.304. The van der Waals surface area contributed by atoms with E-state index in [1.807, 2.05) is 32.9 Å². The molecule has 0 radical (unpaired) electrons. The van der Waals surface area contributed by atoms with Crippen LogP contribution in [-0.4, -0.2) is 42.2 Å². The highest BCUT2D eigenvalue weighted by Crippen LogP contribution is 2.39. The molecule has 10 nitrogen and oxygen atoms in total. The Morgan fingerprint density at radius 1 is 1.13 bits per heavy atom. The van der Waals surface area contributed by atoms with E-state index in [9.17, 15) is 13.2 Å². The number of carbonyl (C=O) groups excluding carboxylic acids is 1. The van der Waals surface area contributed by atoms with Crippen molar-refractivity contribution in [3.05, 3.63) is 72.3 Å². The summed E-state index contributed by atoms with van der Waals surface area (Å²) in [5.74, 6) is 1.07. The summed E-state index contributed by atoms with van der Waals surface area (Å²) < 4.78 is 39.9. The van der Waals surface area contributed by atoms with Gasteiger partial charge in [-0.3, -0.25) is 9.52 Å². The fraction of sp³-hybridized carbons (Fsp3) is 0.250. The van der Waals surface area contributed by atoms with Gasteiger partial charge in [0.15, 0.2) is 17.3 Å². The number of nitrogens with one attached hydrogen (secondary N) is 2. The molecule has 2 heterocycles. The lowest BCUT2D eigenvalue weighted by Gasteiger charge is -2.24. The SMILES string of the molecule is C=Cc1nccc(Oc2cccc3cc(C(=O)Nc4cc(C(C)(C)C)cc(NS(C)(=O)=O)c4OC)n(C)c23)n1. The van der Waals surface area contributed by atoms with Gasteiger partial charge in [-0.05, 0) is 41.3 Å². The zero-order valence-corrected chi connectivity index (χ0v) is 23.5. The van der Waals surface area contributed by atoms with Crippen molar-refractivity contribution in [3.8, 4) is 17.4 Å². The van der Waals surface area contributed by atoms with E-state index in [1.54, 1.807) is 48.1 Å². The van der Waals surface area contributed by atoms with Gasteiger partial charge < -0.3 is 19.4 Å². The molecule has 0 spiro atoms. The third kappa shape index (κ3) is 6.04. The minimum atomic E-state index is -3.60. The molecule has 1 amide bonds. The van der Waals surface area contributed by atoms with Gasteiger partial charge in [-0.15, -0.1) is 0 Å². The number of hydrogen-bond donors (Lipinski definition) is 2. The molecule has 39 heavy (non-hydrogen) atoms. The van der Waals surface area contributed by atoms with E-state index in [0.717, 1.165) is 17.2 Å². The lowest BCUT2D eigenvalue weighted by atomic mass is 9.86. The van der Waals surface area contributed by atoms with Crippen LogP contribution in [0.5, 0.6) is 17.4 Å². The zero-order valence-electron chi connectivity index (χ0n) is 22.7. The molecule has 4 rings (SSSR count). The van der Waals surface area contributed by atoms with Crippen LogP contribution in [0.15, 0.2) is 55.2 Å². The topological polar surface area (TPSA) is 124 Å². The van der Waals surface area contributed by atoms with Crippen molar-refractivity contribution in [2.75, 3.05) is 23.4 Å². The van der Waals surface area contributed by atoms with Crippen molar-refractivity contribution < 1.29 is 22.7 Å². The predicted octanol–water partition coefficient (Wildman–Crippen LogP) is 5.33. The van der Waals surface area contributed by atoms with Crippen molar-refractivity contribution in [1.82, 2.24) is 14.5 Å². The van der Waals surface area contributed by atoms with Gasteiger partial charge in [-0.25, -0.2) is 13.4 Å². The van der Waals surface area contributed by atoms with Crippen molar-refractivity contribution in [1.29, 1.82) is 0 Å². The molecule has 4 aromatic rings. The molecule has 11 heteroatoms. The van der Waals surface area contributed by atoms with Crippen LogP contribution in [0.4, 0.5) is 11.4 Å². The molecular weight excluding hydrogens is 518 g/mol. The maximum atomic E-state index is 13.6. The Morgan fingerprint density at radius 2 is 1.85 bits per heavy atom. The Morgan fingerprint density at radius 3 is 2.49 bits per heavy atom. The second kappa shape index (κ2) is 10.4. The number of anilines is 2. The summed E-state index contributed by atoms with van der Waals surface area (Å²) in [4.78, 5) is 22.0. The average molecular weight is 550 g/mol. The first-order chi connectivity index (χ1) is 18.3. The molecular formula is C28H31N5O5S. The first-order valence-corrected chi connectivity index (χ1v) is 13.9. The van der Waals surface area contributed by atoms with Crippen molar-refractivity contribution >= 4 is 44.3 Å². The van der Waals surface area contributed by atoms with Crippen LogP contribution in [0.1, 0.15) is 42.6 Å². The van der Waals surface area contributed by atoms with Crippen LogP contribution < -0.4 is 19.5 Å². The minimum absolute atomic E-state index is 0.200. The van der Waals surface area contributed by atoms with Gasteiger partial charge in [-0.1, -0.05) is 39.5 Å². The third-order valence-corrected chi connectivity index (χ3v) is 6.59. The van der Waals surface area contributed by atoms with E-state index in [0.29, 0.717) is 34.4 Å². The number of rotatable bonds is 8. The van der Waals surface area contributed by atoms with Crippen molar-refractivity contribution in [3.63, 3.8) is 0 Å². The van der Waals surface area contributed by atoms with E-state index >= 15 is 0 Å². The highest BCUT2D eigenvalue weighted by molar-refractivity contribution is 7.92. The first kappa shape index (κ1) is 27.6. The summed E-state index contributed by atoms with van der Waals surface area (Å²) in [6.07, 6.45) is 4.16. The highest BCUT2D eigenvalue weighted by Gasteiger charge is 2.24. The number of aryl methyl sites for hydroxylation is 1. The molecule has 0 atom stereocenters. The first-order valence-electron chi connectivity index (χ1n) is 12.0. The largest absolute Gasteiger partial charge is 0.492 e. The molecule has 0 unspecified atom stereocenters. The number of hydrogen-bond acceptors (Lipinski definition) is 7. The van der Waals surface area contributed by atoms with Gasteiger partial charge in [0.2, 0.25) is 15.9 Å². The fourth-order valence-electron chi connectivity index (χ4n) is 4.14. The molecule has 2 aromatic heterocycles. The number of methoxy groups -OCH3 is 1. The molecule has 0 aliphatic carbocycles. The van der Waals surface area contributed by atoms with E-state index in [2.05, 4.69) is 26.6 Å². The van der Waals surface area contributed by atoms with E-state index in [1.165, 1.54) is 13.2 Å². The summed E-state index contributed by atoms with van der Waals surface area (Å²) in [5, 5.41) is 3.70. The van der Waals surface area contributed by atoms with Gasteiger partial charge >= 0.3 is 0 Å². The predicted molar refractivity (Wildman–Crippen MR) is 153 cm³/mol. The summed E-state index contributed by atoms with van der Waals surface area (Å²) in [6, 6.07) is 12.4. The molecule has 2 aromatic carbocycles. The Hall–Kier alpha value is -4.38. The normalized spacial score (nSPS) is 11.7. The lowest BCUT2D eigenvalue weighted by molar-refractivity contribution is 0.101. The van der Waals surface area contributed by atoms with Crippen LogP contribution in [-0.2, 0) is 22.5 Å². The van der Waals surface area contributed by atoms with Gasteiger partial charge in [0.1, 0.15) is 5.69 Å². The molecule has 0 fully saturated rings. The minimum Gasteiger partial charge on any atom is -0.492 e. The van der Waals surface area contributed by atoms with Gasteiger partial charge in [0, 0.05) is 24.7 Å². The fourth-order valence-corrected chi connectivity index (χ4v) is 4.69. The Kier molecular flexibility index (Phi) is 7.38. The smallest absolute Gasteiger partial charge is 0.272 e. The number of fused-ring (bicyclic) bond motifs is 1.